The summed E-state index contributed by atoms with van der Waals surface area (Å²) in [6.07, 6.45) is 0.785. The fraction of sp³-hybridized carbons (Fsp3) is 0.200. The van der Waals surface area contributed by atoms with E-state index in [0.717, 1.165) is 16.5 Å². The number of rotatable bonds is 4. The Kier molecular flexibility index (Phi) is 4.81. The van der Waals surface area contributed by atoms with Crippen LogP contribution in [0, 0.1) is 0 Å². The number of hydrogen-bond donors (Lipinski definition) is 1. The van der Waals surface area contributed by atoms with E-state index >= 15 is 0 Å². The van der Waals surface area contributed by atoms with Crippen molar-refractivity contribution in [3.8, 4) is 0 Å². The van der Waals surface area contributed by atoms with Gasteiger partial charge in [-0.25, -0.2) is 0 Å². The van der Waals surface area contributed by atoms with Crippen molar-refractivity contribution < 1.29 is 5.11 Å². The minimum absolute atomic E-state index is 0.0416. The summed E-state index contributed by atoms with van der Waals surface area (Å²) in [6.45, 7) is 0.0970. The van der Waals surface area contributed by atoms with Crippen molar-refractivity contribution >= 4 is 27.5 Å². The molecule has 0 amide bonds. The van der Waals surface area contributed by atoms with E-state index in [4.69, 9.17) is 11.6 Å². The Hall–Kier alpha value is -0.830. The van der Waals surface area contributed by atoms with Gasteiger partial charge in [-0.05, 0) is 35.7 Å². The first-order valence-electron chi connectivity index (χ1n) is 5.80. The zero-order valence-electron chi connectivity index (χ0n) is 9.81. The van der Waals surface area contributed by atoms with Crippen molar-refractivity contribution in [1.29, 1.82) is 0 Å². The van der Waals surface area contributed by atoms with Crippen LogP contribution in [0.15, 0.2) is 53.0 Å². The summed E-state index contributed by atoms with van der Waals surface area (Å²) in [4.78, 5) is 0. The zero-order chi connectivity index (χ0) is 13.0. The van der Waals surface area contributed by atoms with E-state index in [1.165, 1.54) is 5.56 Å². The Labute approximate surface area is 121 Å². The van der Waals surface area contributed by atoms with Crippen molar-refractivity contribution in [2.45, 2.75) is 12.3 Å². The van der Waals surface area contributed by atoms with Gasteiger partial charge in [0.2, 0.25) is 0 Å². The molecule has 2 aromatic carbocycles. The van der Waals surface area contributed by atoms with Gasteiger partial charge < -0.3 is 5.11 Å². The van der Waals surface area contributed by atoms with E-state index in [1.807, 2.05) is 36.4 Å². The molecule has 0 aliphatic heterocycles. The van der Waals surface area contributed by atoms with Crippen LogP contribution >= 0.6 is 27.5 Å². The largest absolute Gasteiger partial charge is 0.396 e. The Balaban J connectivity index is 2.20. The van der Waals surface area contributed by atoms with Gasteiger partial charge in [0.25, 0.3) is 0 Å². The number of halogens is 2. The zero-order valence-corrected chi connectivity index (χ0v) is 12.2. The highest BCUT2D eigenvalue weighted by Crippen LogP contribution is 2.27. The highest BCUT2D eigenvalue weighted by Gasteiger charge is 2.14. The van der Waals surface area contributed by atoms with E-state index in [9.17, 15) is 5.11 Å². The number of aliphatic hydroxyl groups is 1. The quantitative estimate of drug-likeness (QED) is 0.882. The van der Waals surface area contributed by atoms with Gasteiger partial charge >= 0.3 is 0 Å². The third-order valence-electron chi connectivity index (χ3n) is 2.96. The van der Waals surface area contributed by atoms with E-state index in [0.29, 0.717) is 5.02 Å². The lowest BCUT2D eigenvalue weighted by atomic mass is 9.93. The molecule has 3 heteroatoms. The molecule has 0 bridgehead atoms. The molecule has 94 valence electrons. The van der Waals surface area contributed by atoms with E-state index < -0.39 is 0 Å². The number of benzene rings is 2. The molecule has 2 aromatic rings. The average Bonchev–Trinajstić information content (AvgIpc) is 2.39. The molecule has 0 aromatic heterocycles. The highest BCUT2D eigenvalue weighted by molar-refractivity contribution is 9.10. The van der Waals surface area contributed by atoms with Gasteiger partial charge in [0, 0.05) is 15.4 Å². The van der Waals surface area contributed by atoms with Crippen LogP contribution in [0.5, 0.6) is 0 Å². The molecule has 1 atom stereocenters. The third-order valence-corrected chi connectivity index (χ3v) is 3.83. The molecule has 1 N–H and O–H groups in total. The summed E-state index contributed by atoms with van der Waals surface area (Å²) < 4.78 is 1.06. The molecule has 0 saturated carbocycles. The lowest BCUT2D eigenvalue weighted by Gasteiger charge is -2.16. The van der Waals surface area contributed by atoms with Gasteiger partial charge in [0.05, 0.1) is 6.61 Å². The Morgan fingerprint density at radius 3 is 2.33 bits per heavy atom. The monoisotopic (exact) mass is 324 g/mol. The van der Waals surface area contributed by atoms with Crippen LogP contribution in [0.1, 0.15) is 17.0 Å². The van der Waals surface area contributed by atoms with Crippen molar-refractivity contribution in [1.82, 2.24) is 0 Å². The first-order chi connectivity index (χ1) is 8.70. The molecule has 0 aliphatic rings. The predicted octanol–water partition coefficient (Wildman–Crippen LogP) is 4.42. The third kappa shape index (κ3) is 3.35. The lowest BCUT2D eigenvalue weighted by Crippen LogP contribution is -2.08. The van der Waals surface area contributed by atoms with Gasteiger partial charge in [-0.3, -0.25) is 0 Å². The second-order valence-corrected chi connectivity index (χ2v) is 5.55. The SMILES string of the molecule is OCC(Cc1ccc(Br)cc1)c1ccccc1Cl. The molecule has 0 saturated heterocycles. The molecule has 0 fully saturated rings. The van der Waals surface area contributed by atoms with Gasteiger partial charge in [0.1, 0.15) is 0 Å². The summed E-state index contributed by atoms with van der Waals surface area (Å²) in [5.74, 6) is 0.0416. The Morgan fingerprint density at radius 1 is 1.06 bits per heavy atom. The lowest BCUT2D eigenvalue weighted by molar-refractivity contribution is 0.264. The predicted molar refractivity (Wildman–Crippen MR) is 79.1 cm³/mol. The van der Waals surface area contributed by atoms with Crippen LogP contribution in [0.3, 0.4) is 0 Å². The second-order valence-electron chi connectivity index (χ2n) is 4.23. The number of hydrogen-bond acceptors (Lipinski definition) is 1. The van der Waals surface area contributed by atoms with Crippen molar-refractivity contribution in [3.05, 3.63) is 69.2 Å². The first kappa shape index (κ1) is 13.6. The molecule has 0 aliphatic carbocycles. The molecule has 18 heavy (non-hydrogen) atoms. The van der Waals surface area contributed by atoms with Gasteiger partial charge in [0.15, 0.2) is 0 Å². The minimum Gasteiger partial charge on any atom is -0.396 e. The van der Waals surface area contributed by atoms with E-state index in [-0.39, 0.29) is 12.5 Å². The molecular weight excluding hydrogens is 312 g/mol. The normalized spacial score (nSPS) is 12.4. The van der Waals surface area contributed by atoms with Crippen LogP contribution in [-0.4, -0.2) is 11.7 Å². The maximum atomic E-state index is 9.55. The number of aliphatic hydroxyl groups excluding tert-OH is 1. The van der Waals surface area contributed by atoms with Crippen molar-refractivity contribution in [3.63, 3.8) is 0 Å². The van der Waals surface area contributed by atoms with E-state index in [1.54, 1.807) is 0 Å². The van der Waals surface area contributed by atoms with Crippen LogP contribution in [0.25, 0.3) is 0 Å². The fourth-order valence-electron chi connectivity index (χ4n) is 1.98. The summed E-state index contributed by atoms with van der Waals surface area (Å²) in [5, 5.41) is 10.3. The molecule has 0 radical (unpaired) electrons. The minimum atomic E-state index is 0.0416. The summed E-state index contributed by atoms with van der Waals surface area (Å²) in [6, 6.07) is 15.8. The van der Waals surface area contributed by atoms with Gasteiger partial charge in [-0.1, -0.05) is 57.9 Å². The maximum absolute atomic E-state index is 9.55. The van der Waals surface area contributed by atoms with Crippen LogP contribution in [0.2, 0.25) is 5.02 Å². The Bertz CT molecular complexity index is 510. The highest BCUT2D eigenvalue weighted by atomic mass is 79.9. The molecular formula is C15H14BrClO. The first-order valence-corrected chi connectivity index (χ1v) is 6.97. The summed E-state index contributed by atoms with van der Waals surface area (Å²) >= 11 is 9.59. The topological polar surface area (TPSA) is 20.2 Å². The van der Waals surface area contributed by atoms with Crippen molar-refractivity contribution in [2.24, 2.45) is 0 Å². The molecule has 1 unspecified atom stereocenters. The average molecular weight is 326 g/mol. The second kappa shape index (κ2) is 6.37. The van der Waals surface area contributed by atoms with Gasteiger partial charge in [-0.2, -0.15) is 0 Å². The van der Waals surface area contributed by atoms with Crippen LogP contribution in [0.4, 0.5) is 0 Å². The molecule has 2 rings (SSSR count). The standard InChI is InChI=1S/C15H14BrClO/c16-13-7-5-11(6-8-13)9-12(10-18)14-3-1-2-4-15(14)17/h1-8,12,18H,9-10H2. The smallest absolute Gasteiger partial charge is 0.0503 e. The summed E-state index contributed by atoms with van der Waals surface area (Å²) in [7, 11) is 0. The summed E-state index contributed by atoms with van der Waals surface area (Å²) in [5.41, 5.74) is 2.20. The fourth-order valence-corrected chi connectivity index (χ4v) is 2.54. The maximum Gasteiger partial charge on any atom is 0.0503 e. The Morgan fingerprint density at radius 2 is 1.72 bits per heavy atom. The molecule has 0 heterocycles. The van der Waals surface area contributed by atoms with Crippen LogP contribution < -0.4 is 0 Å². The van der Waals surface area contributed by atoms with Crippen LogP contribution in [-0.2, 0) is 6.42 Å². The van der Waals surface area contributed by atoms with Gasteiger partial charge in [-0.15, -0.1) is 0 Å². The van der Waals surface area contributed by atoms with E-state index in [2.05, 4.69) is 28.1 Å². The molecule has 1 nitrogen and oxygen atoms in total. The molecule has 0 spiro atoms. The van der Waals surface area contributed by atoms with Crippen molar-refractivity contribution in [2.75, 3.05) is 6.61 Å².